The summed E-state index contributed by atoms with van der Waals surface area (Å²) < 4.78 is 54.4. The van der Waals surface area contributed by atoms with Crippen molar-refractivity contribution >= 4 is 55.7 Å². The molecule has 2 aliphatic carbocycles. The summed E-state index contributed by atoms with van der Waals surface area (Å²) in [5, 5.41) is 9.60. The summed E-state index contributed by atoms with van der Waals surface area (Å²) in [6.45, 7) is 5.77. The zero-order valence-electron chi connectivity index (χ0n) is 34.2. The number of halogens is 1. The number of methoxy groups -OCH3 is 1. The first-order valence-electron chi connectivity index (χ1n) is 20.7. The molecule has 60 heavy (non-hydrogen) atoms. The molecule has 2 aromatic carbocycles. The number of anilines is 1. The van der Waals surface area contributed by atoms with Gasteiger partial charge in [0.25, 0.3) is 5.91 Å². The van der Waals surface area contributed by atoms with Crippen LogP contribution in [-0.2, 0) is 24.4 Å². The predicted molar refractivity (Wildman–Crippen MR) is 228 cm³/mol. The van der Waals surface area contributed by atoms with Crippen molar-refractivity contribution in [3.63, 3.8) is 0 Å². The highest BCUT2D eigenvalue weighted by Gasteiger charge is 2.63. The Morgan fingerprint density at radius 3 is 2.63 bits per heavy atom. The molecule has 3 N–H and O–H groups in total. The maximum Gasteiger partial charge on any atom is 0.259 e. The van der Waals surface area contributed by atoms with Gasteiger partial charge in [0.1, 0.15) is 51.7 Å². The summed E-state index contributed by atoms with van der Waals surface area (Å²) >= 11 is 1.48. The Labute approximate surface area is 353 Å². The van der Waals surface area contributed by atoms with Gasteiger partial charge >= 0.3 is 0 Å². The molecule has 0 bridgehead atoms. The Morgan fingerprint density at radius 2 is 1.90 bits per heavy atom. The maximum absolute atomic E-state index is 14.8. The fourth-order valence-electron chi connectivity index (χ4n) is 8.08. The highest BCUT2D eigenvalue weighted by molar-refractivity contribution is 7.91. The smallest absolute Gasteiger partial charge is 0.259 e. The fraction of sp³-hybridized carbons (Fsp3) is 0.477. The molecule has 3 amide bonds. The molecule has 0 unspecified atom stereocenters. The number of thiazole rings is 1. The Balaban J connectivity index is 1.14. The Morgan fingerprint density at radius 1 is 1.08 bits per heavy atom. The molecule has 1 saturated heterocycles. The van der Waals surface area contributed by atoms with Crippen LogP contribution < -0.4 is 24.8 Å². The molecule has 4 heterocycles. The molecular formula is C44H51FN6O7S2. The highest BCUT2D eigenvalue weighted by Crippen LogP contribution is 2.48. The van der Waals surface area contributed by atoms with Gasteiger partial charge in [-0.05, 0) is 81.7 Å². The molecular weight excluding hydrogens is 808 g/mol. The topological polar surface area (TPSA) is 169 Å². The second-order valence-electron chi connectivity index (χ2n) is 17.0. The molecule has 2 saturated carbocycles. The Bertz CT molecular complexity index is 2450. The first kappa shape index (κ1) is 41.6. The normalized spacial score (nSPS) is 25.9. The van der Waals surface area contributed by atoms with Crippen molar-refractivity contribution in [2.24, 2.45) is 5.92 Å². The van der Waals surface area contributed by atoms with Gasteiger partial charge in [0.2, 0.25) is 21.8 Å². The maximum atomic E-state index is 14.8. The van der Waals surface area contributed by atoms with Gasteiger partial charge in [-0.25, -0.2) is 22.8 Å². The molecule has 318 valence electrons. The van der Waals surface area contributed by atoms with Crippen LogP contribution in [-0.4, -0.2) is 83.1 Å². The lowest BCUT2D eigenvalue weighted by Gasteiger charge is -2.30. The molecule has 4 aromatic rings. The number of rotatable bonds is 10. The minimum absolute atomic E-state index is 0.0254. The molecule has 3 fully saturated rings. The number of allylic oxidation sites excluding steroid dienone is 1. The molecule has 8 rings (SSSR count). The van der Waals surface area contributed by atoms with E-state index in [4.69, 9.17) is 19.4 Å². The predicted octanol–water partition coefficient (Wildman–Crippen LogP) is 6.85. The number of aromatic nitrogens is 2. The van der Waals surface area contributed by atoms with Crippen LogP contribution in [0, 0.1) is 11.7 Å². The molecule has 2 aliphatic heterocycles. The quantitative estimate of drug-likeness (QED) is 0.144. The van der Waals surface area contributed by atoms with Gasteiger partial charge in [0.15, 0.2) is 0 Å². The van der Waals surface area contributed by atoms with Crippen molar-refractivity contribution in [2.75, 3.05) is 19.0 Å². The van der Waals surface area contributed by atoms with E-state index in [2.05, 4.69) is 29.2 Å². The van der Waals surface area contributed by atoms with Crippen molar-refractivity contribution in [1.82, 2.24) is 24.9 Å². The van der Waals surface area contributed by atoms with Crippen molar-refractivity contribution in [2.45, 2.75) is 113 Å². The third-order valence-corrected chi connectivity index (χ3v) is 15.3. The summed E-state index contributed by atoms with van der Waals surface area (Å²) in [7, 11) is -2.42. The summed E-state index contributed by atoms with van der Waals surface area (Å²) in [4.78, 5) is 54.7. The highest BCUT2D eigenvalue weighted by atomic mass is 32.2. The van der Waals surface area contributed by atoms with Gasteiger partial charge < -0.3 is 25.0 Å². The van der Waals surface area contributed by atoms with E-state index >= 15 is 0 Å². The number of nitrogens with zero attached hydrogens (tertiary/aromatic N) is 3. The number of benzene rings is 2. The average molecular weight is 859 g/mol. The van der Waals surface area contributed by atoms with Crippen LogP contribution >= 0.6 is 11.3 Å². The van der Waals surface area contributed by atoms with E-state index in [1.54, 1.807) is 26.2 Å². The monoisotopic (exact) mass is 858 g/mol. The second-order valence-corrected chi connectivity index (χ2v) is 20.1. The van der Waals surface area contributed by atoms with E-state index in [1.165, 1.54) is 28.4 Å². The average Bonchev–Trinajstić information content (AvgIpc) is 3.99. The number of hydrogen-bond donors (Lipinski definition) is 3. The standard InChI is InChI=1S/C44H51FN6O7S2/c1-26(2)36-25-59-40(48-36)35-22-38(32-16-15-30(57-4)20-34(32)47-35)58-31-21-37-39(52)49-44(42(54)50-60(55,56)43(3)17-18-43)23-27(44)11-8-6-5-7-9-14-33(41(53)51(37)24-31)46-29-13-10-12-28(45)19-29/h8,10-13,15-16,19-20,22,25-27,31,33,37,46H,5-7,9,14,17-18,21,23-24H2,1-4H3,(H,49,52)(H,50,54)/b11-8-/t27-,31-,33+,37+,44-/m1/s1. The number of ether oxygens (including phenoxy) is 2. The van der Waals surface area contributed by atoms with E-state index in [9.17, 15) is 27.2 Å². The molecule has 13 nitrogen and oxygen atoms in total. The largest absolute Gasteiger partial charge is 0.497 e. The van der Waals surface area contributed by atoms with Gasteiger partial charge in [-0.3, -0.25) is 19.1 Å². The molecule has 4 aliphatic rings. The fourth-order valence-corrected chi connectivity index (χ4v) is 10.3. The van der Waals surface area contributed by atoms with Gasteiger partial charge in [-0.15, -0.1) is 11.3 Å². The number of pyridine rings is 1. The number of carbonyl (C=O) groups is 3. The number of carbonyl (C=O) groups excluding carboxylic acids is 3. The number of nitrogens with one attached hydrogen (secondary N) is 3. The first-order valence-corrected chi connectivity index (χ1v) is 23.0. The van der Waals surface area contributed by atoms with Crippen LogP contribution in [0.3, 0.4) is 0 Å². The number of sulfonamides is 1. The molecule has 0 spiro atoms. The van der Waals surface area contributed by atoms with E-state index in [0.29, 0.717) is 70.9 Å². The number of hydrogen-bond acceptors (Lipinski definition) is 11. The van der Waals surface area contributed by atoms with Gasteiger partial charge in [0.05, 0.1) is 29.6 Å². The van der Waals surface area contributed by atoms with Crippen LogP contribution in [0.15, 0.2) is 66.1 Å². The summed E-state index contributed by atoms with van der Waals surface area (Å²) in [6.07, 6.45) is 7.78. The van der Waals surface area contributed by atoms with Crippen molar-refractivity contribution in [1.29, 1.82) is 0 Å². The first-order chi connectivity index (χ1) is 28.7. The molecule has 16 heteroatoms. The molecule has 5 atom stereocenters. The Kier molecular flexibility index (Phi) is 11.4. The zero-order chi connectivity index (χ0) is 42.4. The van der Waals surface area contributed by atoms with Crippen molar-refractivity contribution in [3.05, 3.63) is 77.6 Å². The van der Waals surface area contributed by atoms with Crippen LogP contribution in [0.1, 0.15) is 90.2 Å². The SMILES string of the molecule is COc1ccc2c(O[C@@H]3C[C@H]4C(=O)N[C@]5(C(=O)NS(=O)(=O)C6(C)CC6)C[C@H]5/C=C\CCCCC[C@H](Nc5cccc(F)c5)C(=O)N4C3)cc(-c3nc(C(C)C)cs3)nc2c1. The van der Waals surface area contributed by atoms with E-state index in [0.717, 1.165) is 18.5 Å². The van der Waals surface area contributed by atoms with Gasteiger partial charge in [-0.2, -0.15) is 0 Å². The van der Waals surface area contributed by atoms with Crippen molar-refractivity contribution < 1.29 is 36.7 Å². The Hall–Kier alpha value is -5.09. The summed E-state index contributed by atoms with van der Waals surface area (Å²) in [5.41, 5.74) is 1.06. The van der Waals surface area contributed by atoms with Crippen LogP contribution in [0.25, 0.3) is 21.6 Å². The van der Waals surface area contributed by atoms with Crippen LogP contribution in [0.5, 0.6) is 11.5 Å². The van der Waals surface area contributed by atoms with Gasteiger partial charge in [0, 0.05) is 40.9 Å². The molecule has 0 radical (unpaired) electrons. The molecule has 2 aromatic heterocycles. The van der Waals surface area contributed by atoms with E-state index in [-0.39, 0.29) is 31.2 Å². The summed E-state index contributed by atoms with van der Waals surface area (Å²) in [6, 6.07) is 11.3. The van der Waals surface area contributed by atoms with Gasteiger partial charge in [-0.1, -0.05) is 44.9 Å². The third kappa shape index (κ3) is 8.45. The van der Waals surface area contributed by atoms with Crippen LogP contribution in [0.2, 0.25) is 0 Å². The second kappa shape index (κ2) is 16.4. The lowest BCUT2D eigenvalue weighted by molar-refractivity contribution is -0.140. The lowest BCUT2D eigenvalue weighted by atomic mass is 10.0. The third-order valence-electron chi connectivity index (χ3n) is 12.2. The number of fused-ring (bicyclic) bond motifs is 3. The van der Waals surface area contributed by atoms with E-state index in [1.807, 2.05) is 41.8 Å². The summed E-state index contributed by atoms with van der Waals surface area (Å²) in [5.74, 6) is -1.33. The minimum Gasteiger partial charge on any atom is -0.497 e. The number of amides is 3. The van der Waals surface area contributed by atoms with Crippen molar-refractivity contribution in [3.8, 4) is 22.2 Å². The van der Waals surface area contributed by atoms with Crippen LogP contribution in [0.4, 0.5) is 10.1 Å². The lowest BCUT2D eigenvalue weighted by Crippen LogP contribution is -2.58. The zero-order valence-corrected chi connectivity index (χ0v) is 35.8. The van der Waals surface area contributed by atoms with E-state index < -0.39 is 62.0 Å². The minimum atomic E-state index is -4.00.